The Morgan fingerprint density at radius 1 is 1.16 bits per heavy atom. The number of carbonyl (C=O) groups is 1. The fourth-order valence-electron chi connectivity index (χ4n) is 4.40. The Morgan fingerprint density at radius 3 is 2.72 bits per heavy atom. The van der Waals surface area contributed by atoms with Gasteiger partial charge >= 0.3 is 0 Å². The Hall–Kier alpha value is -2.23. The molecule has 32 heavy (non-hydrogen) atoms. The first-order valence-corrected chi connectivity index (χ1v) is 13.4. The van der Waals surface area contributed by atoms with E-state index in [1.54, 1.807) is 24.3 Å². The van der Waals surface area contributed by atoms with Gasteiger partial charge in [-0.2, -0.15) is 0 Å². The van der Waals surface area contributed by atoms with E-state index in [1.165, 1.54) is 11.8 Å². The lowest BCUT2D eigenvalue weighted by Gasteiger charge is -2.23. The van der Waals surface area contributed by atoms with Gasteiger partial charge in [-0.05, 0) is 54.8 Å². The highest BCUT2D eigenvalue weighted by Crippen LogP contribution is 2.34. The summed E-state index contributed by atoms with van der Waals surface area (Å²) in [6.07, 6.45) is 1.62. The van der Waals surface area contributed by atoms with E-state index < -0.39 is 10.0 Å². The molecule has 10 heteroatoms. The van der Waals surface area contributed by atoms with Gasteiger partial charge in [-0.15, -0.1) is 0 Å². The van der Waals surface area contributed by atoms with Gasteiger partial charge in [-0.25, -0.2) is 8.42 Å². The van der Waals surface area contributed by atoms with Crippen LogP contribution in [0.25, 0.3) is 0 Å². The van der Waals surface area contributed by atoms with Crippen molar-refractivity contribution in [1.82, 2.24) is 4.72 Å². The average Bonchev–Trinajstić information content (AvgIpc) is 3.54. The maximum atomic E-state index is 13.2. The van der Waals surface area contributed by atoms with Crippen molar-refractivity contribution in [3.63, 3.8) is 0 Å². The number of aliphatic imine (C=N–C) groups is 1. The van der Waals surface area contributed by atoms with Gasteiger partial charge in [-0.1, -0.05) is 29.4 Å². The number of carbonyl (C=O) groups excluding carboxylic acids is 1. The van der Waals surface area contributed by atoms with E-state index >= 15 is 0 Å². The smallest absolute Gasteiger partial charge is 0.263 e. The van der Waals surface area contributed by atoms with Crippen molar-refractivity contribution in [3.8, 4) is 0 Å². The number of hydrogen-bond acceptors (Lipinski definition) is 6. The van der Waals surface area contributed by atoms with Crippen LogP contribution in [0.4, 0.5) is 11.4 Å². The van der Waals surface area contributed by atoms with Crippen molar-refractivity contribution in [2.75, 3.05) is 41.7 Å². The predicted octanol–water partition coefficient (Wildman–Crippen LogP) is 3.14. The Kier molecular flexibility index (Phi) is 5.81. The summed E-state index contributed by atoms with van der Waals surface area (Å²) in [6.45, 7) is 2.69. The molecule has 1 N–H and O–H groups in total. The fraction of sp³-hybridized carbons (Fsp3) is 0.364. The molecule has 0 aliphatic carbocycles. The van der Waals surface area contributed by atoms with Crippen LogP contribution in [0.3, 0.4) is 0 Å². The number of nitrogens with zero attached hydrogens (tertiary/aromatic N) is 3. The highest BCUT2D eigenvalue weighted by Gasteiger charge is 2.35. The molecule has 0 spiro atoms. The predicted molar refractivity (Wildman–Crippen MR) is 129 cm³/mol. The normalized spacial score (nSPS) is 20.4. The molecule has 3 aliphatic heterocycles. The van der Waals surface area contributed by atoms with E-state index in [1.807, 2.05) is 23.1 Å². The number of amidine groups is 1. The summed E-state index contributed by atoms with van der Waals surface area (Å²) in [7, 11) is -3.64. The second-order valence-corrected chi connectivity index (χ2v) is 11.3. The Labute approximate surface area is 196 Å². The van der Waals surface area contributed by atoms with E-state index in [0.717, 1.165) is 42.1 Å². The number of sulfonamides is 1. The van der Waals surface area contributed by atoms with Crippen molar-refractivity contribution in [3.05, 3.63) is 53.1 Å². The summed E-state index contributed by atoms with van der Waals surface area (Å²) in [4.78, 5) is 21.5. The van der Waals surface area contributed by atoms with Gasteiger partial charge in [-0.3, -0.25) is 14.5 Å². The number of anilines is 2. The number of nitrogens with one attached hydrogen (secondary N) is 1. The molecule has 2 aromatic carbocycles. The first-order chi connectivity index (χ1) is 15.4. The summed E-state index contributed by atoms with van der Waals surface area (Å²) < 4.78 is 27.6. The molecule has 1 amide bonds. The summed E-state index contributed by atoms with van der Waals surface area (Å²) in [5.41, 5.74) is 3.00. The van der Waals surface area contributed by atoms with Gasteiger partial charge in [0, 0.05) is 41.8 Å². The van der Waals surface area contributed by atoms with Gasteiger partial charge in [0.05, 0.1) is 17.4 Å². The third kappa shape index (κ3) is 4.21. The minimum absolute atomic E-state index is 0.0950. The molecule has 0 bridgehead atoms. The van der Waals surface area contributed by atoms with Gasteiger partial charge in [0.2, 0.25) is 5.91 Å². The van der Waals surface area contributed by atoms with Crippen LogP contribution in [0.15, 0.2) is 52.4 Å². The third-order valence-corrected chi connectivity index (χ3v) is 8.68. The number of fused-ring (bicyclic) bond motifs is 1. The van der Waals surface area contributed by atoms with Crippen molar-refractivity contribution in [2.24, 2.45) is 10.9 Å². The SMILES string of the molecule is O=C(C1CCN(c2ccc(S(=O)(=O)NC3=NCCS3)cc2)C1)N1CCc2ccc(Cl)cc21. The van der Waals surface area contributed by atoms with Crippen LogP contribution in [0.5, 0.6) is 0 Å². The Morgan fingerprint density at radius 2 is 1.97 bits per heavy atom. The molecule has 0 radical (unpaired) electrons. The molecule has 2 aromatic rings. The van der Waals surface area contributed by atoms with Crippen LogP contribution in [0.1, 0.15) is 12.0 Å². The van der Waals surface area contributed by atoms with E-state index in [4.69, 9.17) is 11.6 Å². The Balaban J connectivity index is 1.25. The average molecular weight is 491 g/mol. The third-order valence-electron chi connectivity index (χ3n) is 6.07. The summed E-state index contributed by atoms with van der Waals surface area (Å²) in [5, 5.41) is 1.08. The first-order valence-electron chi connectivity index (χ1n) is 10.6. The molecule has 1 fully saturated rings. The Bertz CT molecular complexity index is 1180. The summed E-state index contributed by atoms with van der Waals surface area (Å²) in [6, 6.07) is 12.5. The highest BCUT2D eigenvalue weighted by atomic mass is 35.5. The quantitative estimate of drug-likeness (QED) is 0.712. The van der Waals surface area contributed by atoms with Crippen molar-refractivity contribution >= 4 is 55.8 Å². The van der Waals surface area contributed by atoms with Gasteiger partial charge < -0.3 is 9.80 Å². The van der Waals surface area contributed by atoms with Crippen LogP contribution < -0.4 is 14.5 Å². The molecular formula is C22H23ClN4O3S2. The molecule has 7 nitrogen and oxygen atoms in total. The van der Waals surface area contributed by atoms with Gasteiger partial charge in [0.25, 0.3) is 10.0 Å². The molecule has 3 aliphatic rings. The van der Waals surface area contributed by atoms with Crippen LogP contribution >= 0.6 is 23.4 Å². The lowest BCUT2D eigenvalue weighted by molar-refractivity contribution is -0.121. The largest absolute Gasteiger partial charge is 0.371 e. The van der Waals surface area contributed by atoms with E-state index in [0.29, 0.717) is 29.8 Å². The zero-order valence-corrected chi connectivity index (χ0v) is 19.7. The highest BCUT2D eigenvalue weighted by molar-refractivity contribution is 8.15. The zero-order valence-electron chi connectivity index (χ0n) is 17.3. The first kappa shape index (κ1) is 21.6. The van der Waals surface area contributed by atoms with E-state index in [9.17, 15) is 13.2 Å². The monoisotopic (exact) mass is 490 g/mol. The number of hydrogen-bond donors (Lipinski definition) is 1. The van der Waals surface area contributed by atoms with E-state index in [2.05, 4.69) is 14.6 Å². The molecule has 3 heterocycles. The van der Waals surface area contributed by atoms with Gasteiger partial charge in [0.1, 0.15) is 0 Å². The number of amides is 1. The second-order valence-electron chi connectivity index (χ2n) is 8.08. The van der Waals surface area contributed by atoms with Crippen LogP contribution in [0.2, 0.25) is 5.02 Å². The zero-order chi connectivity index (χ0) is 22.3. The number of thioether (sulfide) groups is 1. The van der Waals surface area contributed by atoms with E-state index in [-0.39, 0.29) is 16.7 Å². The topological polar surface area (TPSA) is 82.1 Å². The van der Waals surface area contributed by atoms with Crippen LogP contribution in [-0.2, 0) is 21.2 Å². The van der Waals surface area contributed by atoms with Crippen LogP contribution in [-0.4, -0.2) is 51.4 Å². The summed E-state index contributed by atoms with van der Waals surface area (Å²) in [5.74, 6) is 0.830. The molecule has 1 saturated heterocycles. The number of halogens is 1. The molecule has 5 rings (SSSR count). The fourth-order valence-corrected chi connectivity index (χ4v) is 6.60. The minimum atomic E-state index is -3.64. The standard InChI is InChI=1S/C22H23ClN4O3S2/c23-17-2-1-15-8-11-27(20(15)13-17)21(28)16-7-10-26(14-16)18-3-5-19(6-4-18)32(29,30)25-22-24-9-12-31-22/h1-6,13,16H,7-12,14H2,(H,24,25). The molecular weight excluding hydrogens is 468 g/mol. The number of rotatable bonds is 4. The van der Waals surface area contributed by atoms with Crippen molar-refractivity contribution in [2.45, 2.75) is 17.7 Å². The molecule has 1 unspecified atom stereocenters. The molecule has 0 saturated carbocycles. The maximum Gasteiger partial charge on any atom is 0.263 e. The van der Waals surface area contributed by atoms with Crippen molar-refractivity contribution in [1.29, 1.82) is 0 Å². The number of benzene rings is 2. The maximum absolute atomic E-state index is 13.2. The van der Waals surface area contributed by atoms with Crippen LogP contribution in [0, 0.1) is 5.92 Å². The lowest BCUT2D eigenvalue weighted by Crippen LogP contribution is -2.36. The molecule has 0 aromatic heterocycles. The molecule has 1 atom stereocenters. The van der Waals surface area contributed by atoms with Gasteiger partial charge in [0.15, 0.2) is 5.17 Å². The molecule has 168 valence electrons. The summed E-state index contributed by atoms with van der Waals surface area (Å²) >= 11 is 7.55. The lowest BCUT2D eigenvalue weighted by atomic mass is 10.1. The van der Waals surface area contributed by atoms with Crippen molar-refractivity contribution < 1.29 is 13.2 Å². The second kappa shape index (κ2) is 8.61. The minimum Gasteiger partial charge on any atom is -0.371 e.